The van der Waals surface area contributed by atoms with Crippen LogP contribution in [0.2, 0.25) is 0 Å². The summed E-state index contributed by atoms with van der Waals surface area (Å²) in [6.45, 7) is 6.48. The Morgan fingerprint density at radius 2 is 1.91 bits per heavy atom. The molecule has 6 heteroatoms. The van der Waals surface area contributed by atoms with E-state index < -0.39 is 0 Å². The second kappa shape index (κ2) is 8.12. The number of amides is 1. The van der Waals surface area contributed by atoms with E-state index in [1.54, 1.807) is 0 Å². The van der Waals surface area contributed by atoms with E-state index in [1.807, 2.05) is 45.0 Å². The average Bonchev–Trinajstić information content (AvgIpc) is 2.57. The number of para-hydroxylation sites is 2. The van der Waals surface area contributed by atoms with Crippen molar-refractivity contribution in [1.82, 2.24) is 15.3 Å². The predicted octanol–water partition coefficient (Wildman–Crippen LogP) is 3.15. The van der Waals surface area contributed by atoms with Gasteiger partial charge in [-0.3, -0.25) is 4.79 Å². The first-order valence-corrected chi connectivity index (χ1v) is 7.75. The number of nitrogens with zero attached hydrogens (tertiary/aromatic N) is 2. The second-order valence-electron chi connectivity index (χ2n) is 5.13. The van der Waals surface area contributed by atoms with Crippen LogP contribution in [-0.4, -0.2) is 28.5 Å². The van der Waals surface area contributed by atoms with Gasteiger partial charge >= 0.3 is 0 Å². The van der Waals surface area contributed by atoms with Crippen LogP contribution in [0.25, 0.3) is 0 Å². The molecule has 1 amide bonds. The SMILES string of the molecule is CCOc1ccccc1Nc1ncc(C(=O)NC(C)CC)cn1. The van der Waals surface area contributed by atoms with Gasteiger partial charge in [0, 0.05) is 18.4 Å². The summed E-state index contributed by atoms with van der Waals surface area (Å²) >= 11 is 0. The Hall–Kier alpha value is -2.63. The number of ether oxygens (including phenoxy) is 1. The van der Waals surface area contributed by atoms with E-state index in [0.29, 0.717) is 18.1 Å². The van der Waals surface area contributed by atoms with E-state index in [0.717, 1.165) is 17.9 Å². The number of anilines is 2. The first-order valence-electron chi connectivity index (χ1n) is 7.75. The molecule has 1 aromatic carbocycles. The van der Waals surface area contributed by atoms with Crippen LogP contribution >= 0.6 is 0 Å². The van der Waals surface area contributed by atoms with Gasteiger partial charge in [-0.2, -0.15) is 0 Å². The molecular weight excluding hydrogens is 292 g/mol. The van der Waals surface area contributed by atoms with Crippen molar-refractivity contribution >= 4 is 17.5 Å². The molecule has 1 atom stereocenters. The van der Waals surface area contributed by atoms with Crippen molar-refractivity contribution in [2.75, 3.05) is 11.9 Å². The standard InChI is InChI=1S/C17H22N4O2/c1-4-12(3)20-16(22)13-10-18-17(19-11-13)21-14-8-6-7-9-15(14)23-5-2/h6-12H,4-5H2,1-3H3,(H,20,22)(H,18,19,21). The summed E-state index contributed by atoms with van der Waals surface area (Å²) in [5.41, 5.74) is 1.22. The minimum absolute atomic E-state index is 0.123. The first kappa shape index (κ1) is 16.7. The Morgan fingerprint density at radius 3 is 2.57 bits per heavy atom. The molecule has 6 nitrogen and oxygen atoms in total. The highest BCUT2D eigenvalue weighted by Crippen LogP contribution is 2.25. The van der Waals surface area contributed by atoms with Gasteiger partial charge in [-0.05, 0) is 32.4 Å². The van der Waals surface area contributed by atoms with Gasteiger partial charge in [0.2, 0.25) is 5.95 Å². The molecule has 0 bridgehead atoms. The number of carbonyl (C=O) groups is 1. The molecule has 122 valence electrons. The summed E-state index contributed by atoms with van der Waals surface area (Å²) < 4.78 is 5.55. The van der Waals surface area contributed by atoms with Crippen LogP contribution in [0, 0.1) is 0 Å². The highest BCUT2D eigenvalue weighted by atomic mass is 16.5. The molecule has 0 spiro atoms. The van der Waals surface area contributed by atoms with Crippen LogP contribution in [0.1, 0.15) is 37.6 Å². The van der Waals surface area contributed by atoms with Gasteiger partial charge in [0.05, 0.1) is 17.9 Å². The van der Waals surface area contributed by atoms with E-state index in [9.17, 15) is 4.79 Å². The molecule has 1 heterocycles. The lowest BCUT2D eigenvalue weighted by Crippen LogP contribution is -2.32. The third-order valence-corrected chi connectivity index (χ3v) is 3.34. The quantitative estimate of drug-likeness (QED) is 0.821. The molecule has 0 radical (unpaired) electrons. The number of nitrogens with one attached hydrogen (secondary N) is 2. The summed E-state index contributed by atoms with van der Waals surface area (Å²) in [6, 6.07) is 7.69. The largest absolute Gasteiger partial charge is 0.492 e. The number of carbonyl (C=O) groups excluding carboxylic acids is 1. The Kier molecular flexibility index (Phi) is 5.91. The summed E-state index contributed by atoms with van der Waals surface area (Å²) in [6.07, 6.45) is 3.90. The van der Waals surface area contributed by atoms with Crippen molar-refractivity contribution in [3.05, 3.63) is 42.2 Å². The van der Waals surface area contributed by atoms with Crippen LogP contribution in [-0.2, 0) is 0 Å². The van der Waals surface area contributed by atoms with Gasteiger partial charge in [0.1, 0.15) is 5.75 Å². The number of rotatable bonds is 7. The molecule has 0 aliphatic carbocycles. The molecule has 0 fully saturated rings. The molecule has 2 aromatic rings. The monoisotopic (exact) mass is 314 g/mol. The second-order valence-corrected chi connectivity index (χ2v) is 5.13. The molecule has 0 aliphatic rings. The molecule has 1 unspecified atom stereocenters. The zero-order valence-electron chi connectivity index (χ0n) is 13.7. The highest BCUT2D eigenvalue weighted by Gasteiger charge is 2.10. The molecule has 2 N–H and O–H groups in total. The van der Waals surface area contributed by atoms with Crippen LogP contribution in [0.4, 0.5) is 11.6 Å². The van der Waals surface area contributed by atoms with Crippen molar-refractivity contribution in [3.8, 4) is 5.75 Å². The zero-order chi connectivity index (χ0) is 16.7. The summed E-state index contributed by atoms with van der Waals surface area (Å²) in [7, 11) is 0. The van der Waals surface area contributed by atoms with Gasteiger partial charge in [0.25, 0.3) is 5.91 Å². The predicted molar refractivity (Wildman–Crippen MR) is 90.1 cm³/mol. The fourth-order valence-electron chi connectivity index (χ4n) is 1.89. The first-order chi connectivity index (χ1) is 11.1. The lowest BCUT2D eigenvalue weighted by Gasteiger charge is -2.12. The lowest BCUT2D eigenvalue weighted by molar-refractivity contribution is 0.0938. The Balaban J connectivity index is 2.07. The van der Waals surface area contributed by atoms with Crippen molar-refractivity contribution in [2.45, 2.75) is 33.2 Å². The summed E-state index contributed by atoms with van der Waals surface area (Å²) in [4.78, 5) is 20.4. The van der Waals surface area contributed by atoms with Crippen LogP contribution in [0.3, 0.4) is 0 Å². The Bertz CT molecular complexity index is 643. The van der Waals surface area contributed by atoms with Gasteiger partial charge < -0.3 is 15.4 Å². The third-order valence-electron chi connectivity index (χ3n) is 3.34. The number of benzene rings is 1. The van der Waals surface area contributed by atoms with Gasteiger partial charge in [0.15, 0.2) is 0 Å². The fourth-order valence-corrected chi connectivity index (χ4v) is 1.89. The molecule has 0 saturated carbocycles. The lowest BCUT2D eigenvalue weighted by atomic mass is 10.2. The molecular formula is C17H22N4O2. The van der Waals surface area contributed by atoms with Gasteiger partial charge in [-0.1, -0.05) is 19.1 Å². The van der Waals surface area contributed by atoms with E-state index in [4.69, 9.17) is 4.74 Å². The molecule has 0 saturated heterocycles. The number of hydrogen-bond donors (Lipinski definition) is 2. The number of aromatic nitrogens is 2. The van der Waals surface area contributed by atoms with Crippen LogP contribution in [0.15, 0.2) is 36.7 Å². The van der Waals surface area contributed by atoms with Gasteiger partial charge in [-0.25, -0.2) is 9.97 Å². The summed E-state index contributed by atoms with van der Waals surface area (Å²) in [5, 5.41) is 5.98. The van der Waals surface area contributed by atoms with E-state index in [-0.39, 0.29) is 11.9 Å². The molecule has 1 aromatic heterocycles. The van der Waals surface area contributed by atoms with Crippen LogP contribution < -0.4 is 15.4 Å². The average molecular weight is 314 g/mol. The third kappa shape index (κ3) is 4.67. The normalized spacial score (nSPS) is 11.6. The van der Waals surface area contributed by atoms with E-state index in [2.05, 4.69) is 20.6 Å². The molecule has 0 aliphatic heterocycles. The molecule has 2 rings (SSSR count). The zero-order valence-corrected chi connectivity index (χ0v) is 13.7. The van der Waals surface area contributed by atoms with Crippen molar-refractivity contribution in [2.24, 2.45) is 0 Å². The minimum Gasteiger partial charge on any atom is -0.492 e. The highest BCUT2D eigenvalue weighted by molar-refractivity contribution is 5.93. The van der Waals surface area contributed by atoms with Crippen molar-refractivity contribution < 1.29 is 9.53 Å². The van der Waals surface area contributed by atoms with Crippen LogP contribution in [0.5, 0.6) is 5.75 Å². The maximum absolute atomic E-state index is 12.0. The Labute approximate surface area is 136 Å². The maximum atomic E-state index is 12.0. The van der Waals surface area contributed by atoms with E-state index in [1.165, 1.54) is 12.4 Å². The van der Waals surface area contributed by atoms with E-state index >= 15 is 0 Å². The smallest absolute Gasteiger partial charge is 0.254 e. The minimum atomic E-state index is -0.166. The maximum Gasteiger partial charge on any atom is 0.254 e. The topological polar surface area (TPSA) is 76.1 Å². The summed E-state index contributed by atoms with van der Waals surface area (Å²) in [5.74, 6) is 0.982. The van der Waals surface area contributed by atoms with Crippen molar-refractivity contribution in [3.63, 3.8) is 0 Å². The number of hydrogen-bond acceptors (Lipinski definition) is 5. The molecule has 23 heavy (non-hydrogen) atoms. The fraction of sp³-hybridized carbons (Fsp3) is 0.353. The Morgan fingerprint density at radius 1 is 1.22 bits per heavy atom. The van der Waals surface area contributed by atoms with Gasteiger partial charge in [-0.15, -0.1) is 0 Å². The van der Waals surface area contributed by atoms with Crippen molar-refractivity contribution in [1.29, 1.82) is 0 Å².